The lowest BCUT2D eigenvalue weighted by Gasteiger charge is -2.27. The van der Waals surface area contributed by atoms with Crippen molar-refractivity contribution in [3.8, 4) is 0 Å². The number of halogens is 6. The number of ether oxygens (including phenoxy) is 1. The number of carboxylic acid groups (broad SMARTS) is 1. The molecule has 0 radical (unpaired) electrons. The third kappa shape index (κ3) is 2.98. The standard InChI is InChI=1S/C6H6F6O3/c1-2-4(7,8)15-5(9,3(13)14)6(10,11)12/h2H2,1H3,(H,13,14). The molecule has 0 amide bonds. The summed E-state index contributed by atoms with van der Waals surface area (Å²) in [5.41, 5.74) is 0. The minimum Gasteiger partial charge on any atom is -0.477 e. The summed E-state index contributed by atoms with van der Waals surface area (Å²) < 4.78 is 75.4. The molecule has 0 aromatic carbocycles. The fourth-order valence-electron chi connectivity index (χ4n) is 0.501. The van der Waals surface area contributed by atoms with Crippen LogP contribution in [0.1, 0.15) is 13.3 Å². The normalized spacial score (nSPS) is 17.3. The van der Waals surface area contributed by atoms with Crippen molar-refractivity contribution in [1.29, 1.82) is 0 Å². The van der Waals surface area contributed by atoms with E-state index in [2.05, 4.69) is 4.74 Å². The van der Waals surface area contributed by atoms with Gasteiger partial charge in [-0.25, -0.2) is 4.79 Å². The van der Waals surface area contributed by atoms with Crippen molar-refractivity contribution in [3.05, 3.63) is 0 Å². The van der Waals surface area contributed by atoms with Crippen LogP contribution in [0.15, 0.2) is 0 Å². The summed E-state index contributed by atoms with van der Waals surface area (Å²) in [4.78, 5) is 9.91. The molecule has 1 unspecified atom stereocenters. The molecule has 9 heteroatoms. The summed E-state index contributed by atoms with van der Waals surface area (Å²) in [5, 5.41) is 7.87. The molecule has 0 heterocycles. The van der Waals surface area contributed by atoms with Gasteiger partial charge in [0.05, 0.1) is 0 Å². The highest BCUT2D eigenvalue weighted by Crippen LogP contribution is 2.40. The lowest BCUT2D eigenvalue weighted by Crippen LogP contribution is -2.53. The summed E-state index contributed by atoms with van der Waals surface area (Å²) in [6.45, 7) is 0.707. The first-order valence-corrected chi connectivity index (χ1v) is 3.53. The Kier molecular flexibility index (Phi) is 3.62. The van der Waals surface area contributed by atoms with Crippen LogP contribution in [0.25, 0.3) is 0 Å². The van der Waals surface area contributed by atoms with Gasteiger partial charge in [0.1, 0.15) is 0 Å². The molecule has 0 aliphatic rings. The predicted octanol–water partition coefficient (Wildman–Crippen LogP) is 2.32. The van der Waals surface area contributed by atoms with Gasteiger partial charge in [-0.05, 0) is 0 Å². The summed E-state index contributed by atoms with van der Waals surface area (Å²) in [6, 6.07) is 0. The van der Waals surface area contributed by atoms with E-state index in [4.69, 9.17) is 5.11 Å². The molecule has 0 bridgehead atoms. The van der Waals surface area contributed by atoms with Gasteiger partial charge in [-0.2, -0.15) is 26.3 Å². The van der Waals surface area contributed by atoms with Crippen LogP contribution in [0.5, 0.6) is 0 Å². The number of alkyl halides is 6. The Bertz CT molecular complexity index is 250. The highest BCUT2D eigenvalue weighted by atomic mass is 19.4. The van der Waals surface area contributed by atoms with Gasteiger partial charge < -0.3 is 5.11 Å². The third-order valence-electron chi connectivity index (χ3n) is 1.34. The van der Waals surface area contributed by atoms with E-state index in [1.165, 1.54) is 0 Å². The van der Waals surface area contributed by atoms with Crippen molar-refractivity contribution in [1.82, 2.24) is 0 Å². The van der Waals surface area contributed by atoms with E-state index in [1.54, 1.807) is 0 Å². The number of rotatable bonds is 4. The minimum atomic E-state index is -6.09. The van der Waals surface area contributed by atoms with E-state index in [0.29, 0.717) is 6.92 Å². The number of carbonyl (C=O) groups is 1. The molecule has 0 rings (SSSR count). The molecule has 1 atom stereocenters. The molecule has 0 aromatic heterocycles. The van der Waals surface area contributed by atoms with E-state index in [-0.39, 0.29) is 0 Å². The van der Waals surface area contributed by atoms with E-state index in [9.17, 15) is 31.1 Å². The Balaban J connectivity index is 5.09. The van der Waals surface area contributed by atoms with Crippen LogP contribution in [0.4, 0.5) is 26.3 Å². The number of carboxylic acids is 1. The van der Waals surface area contributed by atoms with Gasteiger partial charge in [-0.15, -0.1) is 0 Å². The molecule has 1 N–H and O–H groups in total. The molecule has 90 valence electrons. The van der Waals surface area contributed by atoms with Crippen molar-refractivity contribution in [3.63, 3.8) is 0 Å². The van der Waals surface area contributed by atoms with Gasteiger partial charge in [-0.1, -0.05) is 6.92 Å². The monoisotopic (exact) mass is 240 g/mol. The highest BCUT2D eigenvalue weighted by molar-refractivity contribution is 5.76. The topological polar surface area (TPSA) is 46.5 Å². The predicted molar refractivity (Wildman–Crippen MR) is 33.9 cm³/mol. The van der Waals surface area contributed by atoms with Crippen molar-refractivity contribution < 1.29 is 41.0 Å². The van der Waals surface area contributed by atoms with Crippen molar-refractivity contribution in [2.75, 3.05) is 0 Å². The lowest BCUT2D eigenvalue weighted by molar-refractivity contribution is -0.398. The number of hydrogen-bond donors (Lipinski definition) is 1. The van der Waals surface area contributed by atoms with Crippen molar-refractivity contribution >= 4 is 5.97 Å². The first-order chi connectivity index (χ1) is 6.46. The van der Waals surface area contributed by atoms with Crippen LogP contribution in [-0.4, -0.2) is 29.2 Å². The van der Waals surface area contributed by atoms with E-state index >= 15 is 0 Å². The largest absolute Gasteiger partial charge is 0.477 e. The van der Waals surface area contributed by atoms with E-state index < -0.39 is 30.5 Å². The Morgan fingerprint density at radius 3 is 1.80 bits per heavy atom. The number of hydrogen-bond acceptors (Lipinski definition) is 2. The first kappa shape index (κ1) is 14.0. The minimum absolute atomic E-state index is 0.707. The quantitative estimate of drug-likeness (QED) is 0.767. The molecule has 0 aliphatic heterocycles. The van der Waals surface area contributed by atoms with E-state index in [0.717, 1.165) is 0 Å². The van der Waals surface area contributed by atoms with Crippen LogP contribution in [0.3, 0.4) is 0 Å². The fourth-order valence-corrected chi connectivity index (χ4v) is 0.501. The van der Waals surface area contributed by atoms with Gasteiger partial charge in [0, 0.05) is 6.42 Å². The van der Waals surface area contributed by atoms with Crippen LogP contribution in [0.2, 0.25) is 0 Å². The average molecular weight is 240 g/mol. The second-order valence-corrected chi connectivity index (χ2v) is 2.49. The van der Waals surface area contributed by atoms with Gasteiger partial charge in [0.15, 0.2) is 0 Å². The van der Waals surface area contributed by atoms with Crippen molar-refractivity contribution in [2.24, 2.45) is 0 Å². The third-order valence-corrected chi connectivity index (χ3v) is 1.34. The lowest BCUT2D eigenvalue weighted by atomic mass is 10.3. The second-order valence-electron chi connectivity index (χ2n) is 2.49. The maximum Gasteiger partial charge on any atom is 0.460 e. The maximum atomic E-state index is 12.7. The zero-order valence-electron chi connectivity index (χ0n) is 7.24. The summed E-state index contributed by atoms with van der Waals surface area (Å²) >= 11 is 0. The van der Waals surface area contributed by atoms with E-state index in [1.807, 2.05) is 0 Å². The fraction of sp³-hybridized carbons (Fsp3) is 0.833. The highest BCUT2D eigenvalue weighted by Gasteiger charge is 2.67. The van der Waals surface area contributed by atoms with Gasteiger partial charge in [0.25, 0.3) is 0 Å². The van der Waals surface area contributed by atoms with Gasteiger partial charge in [-0.3, -0.25) is 4.74 Å². The summed E-state index contributed by atoms with van der Waals surface area (Å²) in [6.07, 6.45) is -11.9. The average Bonchev–Trinajstić information content (AvgIpc) is 2.01. The molecular formula is C6H6F6O3. The Morgan fingerprint density at radius 1 is 1.20 bits per heavy atom. The molecule has 3 nitrogen and oxygen atoms in total. The molecule has 0 saturated heterocycles. The Hall–Kier alpha value is -0.990. The zero-order chi connectivity index (χ0) is 12.5. The molecule has 0 saturated carbocycles. The molecular weight excluding hydrogens is 234 g/mol. The molecule has 0 spiro atoms. The molecule has 0 aromatic rings. The smallest absolute Gasteiger partial charge is 0.460 e. The maximum absolute atomic E-state index is 12.7. The van der Waals surface area contributed by atoms with Crippen LogP contribution in [-0.2, 0) is 9.53 Å². The molecule has 15 heavy (non-hydrogen) atoms. The van der Waals surface area contributed by atoms with Crippen LogP contribution >= 0.6 is 0 Å². The van der Waals surface area contributed by atoms with Gasteiger partial charge >= 0.3 is 24.1 Å². The Morgan fingerprint density at radius 2 is 1.60 bits per heavy atom. The second kappa shape index (κ2) is 3.87. The van der Waals surface area contributed by atoms with Crippen LogP contribution in [0, 0.1) is 0 Å². The molecule has 0 aliphatic carbocycles. The molecule has 0 fully saturated rings. The van der Waals surface area contributed by atoms with Crippen LogP contribution < -0.4 is 0 Å². The first-order valence-electron chi connectivity index (χ1n) is 3.53. The zero-order valence-corrected chi connectivity index (χ0v) is 7.24. The van der Waals surface area contributed by atoms with Crippen molar-refractivity contribution in [2.45, 2.75) is 31.5 Å². The Labute approximate surface area is 79.6 Å². The SMILES string of the molecule is CCC(F)(F)OC(F)(C(=O)O)C(F)(F)F. The summed E-state index contributed by atoms with van der Waals surface area (Å²) in [7, 11) is 0. The summed E-state index contributed by atoms with van der Waals surface area (Å²) in [5.74, 6) is -8.59. The van der Waals surface area contributed by atoms with Gasteiger partial charge in [0.2, 0.25) is 0 Å². The number of aliphatic carboxylic acids is 1.